The molecule has 0 saturated carbocycles. The van der Waals surface area contributed by atoms with E-state index in [0.29, 0.717) is 21.3 Å². The lowest BCUT2D eigenvalue weighted by atomic mass is 10.2. The van der Waals surface area contributed by atoms with Gasteiger partial charge in [0.25, 0.3) is 5.91 Å². The molecule has 0 spiro atoms. The molecule has 6 nitrogen and oxygen atoms in total. The molecule has 1 aliphatic heterocycles. The number of nitrogens with zero attached hydrogens (tertiary/aromatic N) is 3. The van der Waals surface area contributed by atoms with Gasteiger partial charge in [-0.15, -0.1) is 0 Å². The van der Waals surface area contributed by atoms with Crippen LogP contribution in [0.25, 0.3) is 6.08 Å². The number of aryl methyl sites for hydroxylation is 1. The van der Waals surface area contributed by atoms with E-state index in [4.69, 9.17) is 12.2 Å². The third kappa shape index (κ3) is 4.85. The minimum Gasteiger partial charge on any atom is -0.354 e. The number of halogens is 1. The van der Waals surface area contributed by atoms with Crippen LogP contribution in [-0.4, -0.2) is 43.2 Å². The number of nitrogens with one attached hydrogen (secondary N) is 1. The van der Waals surface area contributed by atoms with Gasteiger partial charge < -0.3 is 9.88 Å². The molecule has 9 heteroatoms. The summed E-state index contributed by atoms with van der Waals surface area (Å²) in [4.78, 5) is 30.8. The Bertz CT molecular complexity index is 914. The largest absolute Gasteiger partial charge is 0.354 e. The molecular weight excluding hydrogens is 399 g/mol. The van der Waals surface area contributed by atoms with Gasteiger partial charge in [0.2, 0.25) is 5.91 Å². The zero-order valence-corrected chi connectivity index (χ0v) is 16.8. The van der Waals surface area contributed by atoms with E-state index in [2.05, 4.69) is 10.3 Å². The van der Waals surface area contributed by atoms with Crippen LogP contribution in [0.5, 0.6) is 0 Å². The highest BCUT2D eigenvalue weighted by atomic mass is 32.2. The van der Waals surface area contributed by atoms with Gasteiger partial charge in [0.1, 0.15) is 16.2 Å². The van der Waals surface area contributed by atoms with Crippen LogP contribution >= 0.6 is 24.0 Å². The summed E-state index contributed by atoms with van der Waals surface area (Å²) >= 11 is 6.40. The van der Waals surface area contributed by atoms with E-state index in [9.17, 15) is 14.0 Å². The van der Waals surface area contributed by atoms with Crippen LogP contribution in [0.4, 0.5) is 4.39 Å². The summed E-state index contributed by atoms with van der Waals surface area (Å²) in [5.41, 5.74) is 0.567. The van der Waals surface area contributed by atoms with Crippen LogP contribution in [-0.2, 0) is 16.1 Å². The maximum Gasteiger partial charge on any atom is 0.266 e. The molecule has 28 heavy (non-hydrogen) atoms. The molecule has 1 atom stereocenters. The highest BCUT2D eigenvalue weighted by molar-refractivity contribution is 8.26. The third-order valence-corrected chi connectivity index (χ3v) is 5.52. The second kappa shape index (κ2) is 9.11. The van der Waals surface area contributed by atoms with Gasteiger partial charge in [-0.25, -0.2) is 9.37 Å². The van der Waals surface area contributed by atoms with Crippen molar-refractivity contribution < 1.29 is 14.0 Å². The number of rotatable bonds is 7. The van der Waals surface area contributed by atoms with E-state index in [-0.39, 0.29) is 17.6 Å². The van der Waals surface area contributed by atoms with Crippen molar-refractivity contribution >= 4 is 46.2 Å². The molecule has 2 aromatic rings. The van der Waals surface area contributed by atoms with Crippen LogP contribution in [0, 0.1) is 5.82 Å². The first-order valence-corrected chi connectivity index (χ1v) is 9.94. The Morgan fingerprint density at radius 3 is 3.00 bits per heavy atom. The number of hydrogen-bond donors (Lipinski definition) is 1. The lowest BCUT2D eigenvalue weighted by Gasteiger charge is -2.22. The van der Waals surface area contributed by atoms with Gasteiger partial charge >= 0.3 is 0 Å². The fraction of sp³-hybridized carbons (Fsp3) is 0.263. The number of aromatic nitrogens is 2. The Morgan fingerprint density at radius 2 is 2.29 bits per heavy atom. The van der Waals surface area contributed by atoms with Crippen molar-refractivity contribution in [2.45, 2.75) is 25.9 Å². The van der Waals surface area contributed by atoms with Gasteiger partial charge in [-0.1, -0.05) is 36.1 Å². The topological polar surface area (TPSA) is 67.2 Å². The number of thiocarbonyl (C=S) groups is 1. The molecular formula is C19H19FN4O2S2. The first-order chi connectivity index (χ1) is 13.5. The van der Waals surface area contributed by atoms with Gasteiger partial charge in [-0.05, 0) is 37.1 Å². The van der Waals surface area contributed by atoms with Crippen LogP contribution in [0.3, 0.4) is 0 Å². The normalized spacial score (nSPS) is 16.6. The third-order valence-electron chi connectivity index (χ3n) is 4.19. The number of hydrogen-bond acceptors (Lipinski definition) is 5. The highest BCUT2D eigenvalue weighted by Gasteiger charge is 2.38. The maximum absolute atomic E-state index is 13.3. The van der Waals surface area contributed by atoms with E-state index >= 15 is 0 Å². The van der Waals surface area contributed by atoms with Crippen molar-refractivity contribution in [2.75, 3.05) is 6.54 Å². The van der Waals surface area contributed by atoms with Crippen molar-refractivity contribution in [3.05, 3.63) is 59.3 Å². The van der Waals surface area contributed by atoms with Crippen LogP contribution in [0.1, 0.15) is 18.9 Å². The highest BCUT2D eigenvalue weighted by Crippen LogP contribution is 2.34. The molecule has 1 aromatic carbocycles. The Balaban J connectivity index is 1.58. The standard InChI is InChI=1S/C19H19FN4O2S2/c1-13(17(25)22-6-3-8-23-9-7-21-12-23)24-18(26)16(28-19(24)27)11-14-4-2-5-15(20)10-14/h2,4-5,7,9-13H,3,6,8H2,1H3,(H,22,25). The number of amides is 2. The van der Waals surface area contributed by atoms with Gasteiger partial charge in [0.15, 0.2) is 0 Å². The molecule has 1 N–H and O–H groups in total. The first-order valence-electron chi connectivity index (χ1n) is 8.72. The van der Waals surface area contributed by atoms with E-state index in [1.807, 2.05) is 10.8 Å². The minimum atomic E-state index is -0.723. The lowest BCUT2D eigenvalue weighted by Crippen LogP contribution is -2.47. The van der Waals surface area contributed by atoms with Gasteiger partial charge in [0, 0.05) is 25.5 Å². The summed E-state index contributed by atoms with van der Waals surface area (Å²) in [6.45, 7) is 2.86. The van der Waals surface area contributed by atoms with Crippen LogP contribution < -0.4 is 5.32 Å². The van der Waals surface area contributed by atoms with Crippen molar-refractivity contribution in [2.24, 2.45) is 0 Å². The summed E-state index contributed by atoms with van der Waals surface area (Å²) in [7, 11) is 0. The molecule has 0 radical (unpaired) electrons. The summed E-state index contributed by atoms with van der Waals surface area (Å²) in [6, 6.07) is 5.22. The molecule has 1 aromatic heterocycles. The average Bonchev–Trinajstić information content (AvgIpc) is 3.26. The molecule has 1 fully saturated rings. The predicted molar refractivity (Wildman–Crippen MR) is 111 cm³/mol. The van der Waals surface area contributed by atoms with E-state index in [1.54, 1.807) is 37.7 Å². The SMILES string of the molecule is CC(C(=O)NCCCn1ccnc1)N1C(=O)C(=Cc2cccc(F)c2)SC1=S. The second-order valence-corrected chi connectivity index (χ2v) is 7.90. The average molecular weight is 419 g/mol. The fourth-order valence-electron chi connectivity index (χ4n) is 2.72. The molecule has 0 aliphatic carbocycles. The fourth-order valence-corrected chi connectivity index (χ4v) is 4.14. The second-order valence-electron chi connectivity index (χ2n) is 6.23. The van der Waals surface area contributed by atoms with Gasteiger partial charge in [-0.3, -0.25) is 14.5 Å². The quantitative estimate of drug-likeness (QED) is 0.426. The number of carbonyl (C=O) groups excluding carboxylic acids is 2. The van der Waals surface area contributed by atoms with Gasteiger partial charge in [0.05, 0.1) is 11.2 Å². The number of imidazole rings is 1. The van der Waals surface area contributed by atoms with Gasteiger partial charge in [-0.2, -0.15) is 0 Å². The zero-order chi connectivity index (χ0) is 20.1. The Hall–Kier alpha value is -2.52. The molecule has 2 amide bonds. The first kappa shape index (κ1) is 20.2. The minimum absolute atomic E-state index is 0.270. The maximum atomic E-state index is 13.3. The molecule has 3 rings (SSSR count). The summed E-state index contributed by atoms with van der Waals surface area (Å²) < 4.78 is 15.6. The molecule has 2 heterocycles. The predicted octanol–water partition coefficient (Wildman–Crippen LogP) is 2.82. The Kier molecular flexibility index (Phi) is 6.58. The van der Waals surface area contributed by atoms with E-state index in [1.165, 1.54) is 17.0 Å². The number of thioether (sulfide) groups is 1. The molecule has 1 saturated heterocycles. The van der Waals surface area contributed by atoms with Crippen LogP contribution in [0.15, 0.2) is 47.9 Å². The zero-order valence-electron chi connectivity index (χ0n) is 15.2. The monoisotopic (exact) mass is 418 g/mol. The smallest absolute Gasteiger partial charge is 0.266 e. The lowest BCUT2D eigenvalue weighted by molar-refractivity contribution is -0.132. The van der Waals surface area contributed by atoms with E-state index in [0.717, 1.165) is 24.7 Å². The number of carbonyl (C=O) groups is 2. The molecule has 1 unspecified atom stereocenters. The van der Waals surface area contributed by atoms with Crippen LogP contribution in [0.2, 0.25) is 0 Å². The summed E-state index contributed by atoms with van der Waals surface area (Å²) in [5.74, 6) is -0.998. The van der Waals surface area contributed by atoms with Crippen molar-refractivity contribution in [3.8, 4) is 0 Å². The molecule has 0 bridgehead atoms. The molecule has 146 valence electrons. The molecule has 1 aliphatic rings. The van der Waals surface area contributed by atoms with E-state index < -0.39 is 6.04 Å². The van der Waals surface area contributed by atoms with Crippen molar-refractivity contribution in [3.63, 3.8) is 0 Å². The summed E-state index contributed by atoms with van der Waals surface area (Å²) in [5, 5.41) is 2.83. The summed E-state index contributed by atoms with van der Waals surface area (Å²) in [6.07, 6.45) is 7.60. The Morgan fingerprint density at radius 1 is 1.46 bits per heavy atom. The van der Waals surface area contributed by atoms with Crippen molar-refractivity contribution in [1.29, 1.82) is 0 Å². The van der Waals surface area contributed by atoms with Crippen molar-refractivity contribution in [1.82, 2.24) is 19.8 Å². The Labute approximate surface area is 171 Å². The number of benzene rings is 1.